The van der Waals surface area contributed by atoms with Crippen molar-refractivity contribution in [3.63, 3.8) is 0 Å². The van der Waals surface area contributed by atoms with Crippen molar-refractivity contribution in [2.24, 2.45) is 0 Å². The first-order valence-electron chi connectivity index (χ1n) is 4.96. The van der Waals surface area contributed by atoms with Crippen molar-refractivity contribution in [3.8, 4) is 0 Å². The summed E-state index contributed by atoms with van der Waals surface area (Å²) in [7, 11) is 0. The predicted octanol–water partition coefficient (Wildman–Crippen LogP) is 1.77. The minimum atomic E-state index is -0.249. The number of ether oxygens (including phenoxy) is 1. The highest BCUT2D eigenvalue weighted by atomic mass is 16.5. The van der Waals surface area contributed by atoms with Gasteiger partial charge in [0.1, 0.15) is 5.56 Å². The van der Waals surface area contributed by atoms with Crippen molar-refractivity contribution in [1.29, 1.82) is 0 Å². The molecule has 1 N–H and O–H groups in total. The molecule has 14 heavy (non-hydrogen) atoms. The Morgan fingerprint density at radius 3 is 2.93 bits per heavy atom. The molecule has 0 unspecified atom stereocenters. The maximum atomic E-state index is 11.6. The summed E-state index contributed by atoms with van der Waals surface area (Å²) < 4.78 is 4.99. The Hall–Kier alpha value is -1.32. The first-order chi connectivity index (χ1) is 6.74. The summed E-state index contributed by atoms with van der Waals surface area (Å²) in [5.74, 6) is 0.247. The van der Waals surface area contributed by atoms with Crippen molar-refractivity contribution in [2.75, 3.05) is 6.61 Å². The summed E-state index contributed by atoms with van der Waals surface area (Å²) in [5, 5.41) is 6.98. The summed E-state index contributed by atoms with van der Waals surface area (Å²) in [4.78, 5) is 11.6. The highest BCUT2D eigenvalue weighted by Gasteiger charge is 2.31. The molecule has 1 heterocycles. The van der Waals surface area contributed by atoms with E-state index in [0.717, 1.165) is 24.2 Å². The fourth-order valence-electron chi connectivity index (χ4n) is 1.58. The number of hydrogen-bond acceptors (Lipinski definition) is 3. The molecule has 0 radical (unpaired) electrons. The normalized spacial score (nSPS) is 15.6. The molecule has 2 rings (SSSR count). The van der Waals surface area contributed by atoms with Crippen LogP contribution in [0.4, 0.5) is 0 Å². The van der Waals surface area contributed by atoms with Crippen LogP contribution in [0.2, 0.25) is 0 Å². The second-order valence-electron chi connectivity index (χ2n) is 3.59. The van der Waals surface area contributed by atoms with Crippen LogP contribution in [0.1, 0.15) is 47.4 Å². The number of aromatic nitrogens is 2. The van der Waals surface area contributed by atoms with Crippen LogP contribution in [0, 0.1) is 6.92 Å². The van der Waals surface area contributed by atoms with E-state index in [0.29, 0.717) is 18.1 Å². The molecular weight excluding hydrogens is 180 g/mol. The van der Waals surface area contributed by atoms with E-state index < -0.39 is 0 Å². The first kappa shape index (κ1) is 9.24. The summed E-state index contributed by atoms with van der Waals surface area (Å²) in [6, 6.07) is 0. The first-order valence-corrected chi connectivity index (χ1v) is 4.96. The van der Waals surface area contributed by atoms with Gasteiger partial charge in [0, 0.05) is 5.92 Å². The molecule has 1 aromatic rings. The smallest absolute Gasteiger partial charge is 0.341 e. The van der Waals surface area contributed by atoms with Gasteiger partial charge in [0.05, 0.1) is 18.0 Å². The quantitative estimate of drug-likeness (QED) is 0.746. The van der Waals surface area contributed by atoms with Gasteiger partial charge < -0.3 is 4.74 Å². The van der Waals surface area contributed by atoms with Crippen molar-refractivity contribution in [1.82, 2.24) is 10.2 Å². The van der Waals surface area contributed by atoms with E-state index in [9.17, 15) is 4.79 Å². The summed E-state index contributed by atoms with van der Waals surface area (Å²) >= 11 is 0. The van der Waals surface area contributed by atoms with Gasteiger partial charge in [0.2, 0.25) is 0 Å². The molecule has 1 saturated carbocycles. The van der Waals surface area contributed by atoms with Gasteiger partial charge in [0.15, 0.2) is 0 Å². The Bertz CT molecular complexity index is 353. The van der Waals surface area contributed by atoms with Crippen LogP contribution in [0.25, 0.3) is 0 Å². The van der Waals surface area contributed by atoms with Crippen LogP contribution in [0.3, 0.4) is 0 Å². The van der Waals surface area contributed by atoms with Crippen molar-refractivity contribution >= 4 is 5.97 Å². The molecule has 0 saturated heterocycles. The second kappa shape index (κ2) is 3.44. The highest BCUT2D eigenvalue weighted by molar-refractivity contribution is 5.92. The third-order valence-corrected chi connectivity index (χ3v) is 2.44. The van der Waals surface area contributed by atoms with E-state index in [2.05, 4.69) is 10.2 Å². The van der Waals surface area contributed by atoms with Crippen LogP contribution in [-0.2, 0) is 4.74 Å². The average molecular weight is 194 g/mol. The molecular formula is C10H14N2O2. The predicted molar refractivity (Wildman–Crippen MR) is 51.3 cm³/mol. The maximum Gasteiger partial charge on any atom is 0.341 e. The van der Waals surface area contributed by atoms with E-state index in [1.54, 1.807) is 0 Å². The van der Waals surface area contributed by atoms with E-state index in [1.165, 1.54) is 0 Å². The van der Waals surface area contributed by atoms with E-state index in [1.807, 2.05) is 13.8 Å². The number of aromatic amines is 1. The van der Waals surface area contributed by atoms with Gasteiger partial charge in [-0.05, 0) is 26.7 Å². The summed E-state index contributed by atoms with van der Waals surface area (Å²) in [6.07, 6.45) is 2.29. The molecule has 1 aromatic heterocycles. The molecule has 1 aliphatic carbocycles. The third kappa shape index (κ3) is 1.52. The van der Waals surface area contributed by atoms with Gasteiger partial charge in [-0.3, -0.25) is 5.10 Å². The Labute approximate surface area is 82.7 Å². The van der Waals surface area contributed by atoms with Gasteiger partial charge in [-0.2, -0.15) is 5.10 Å². The molecule has 0 aromatic carbocycles. The Morgan fingerprint density at radius 1 is 1.64 bits per heavy atom. The minimum Gasteiger partial charge on any atom is -0.462 e. The third-order valence-electron chi connectivity index (χ3n) is 2.44. The minimum absolute atomic E-state index is 0.249. The van der Waals surface area contributed by atoms with Gasteiger partial charge in [-0.1, -0.05) is 0 Å². The van der Waals surface area contributed by atoms with E-state index in [-0.39, 0.29) is 5.97 Å². The fourth-order valence-corrected chi connectivity index (χ4v) is 1.58. The monoisotopic (exact) mass is 194 g/mol. The number of nitrogens with zero attached hydrogens (tertiary/aromatic N) is 1. The van der Waals surface area contributed by atoms with Gasteiger partial charge in [-0.25, -0.2) is 4.79 Å². The summed E-state index contributed by atoms with van der Waals surface area (Å²) in [5.41, 5.74) is 2.35. The topological polar surface area (TPSA) is 55.0 Å². The zero-order valence-corrected chi connectivity index (χ0v) is 8.46. The largest absolute Gasteiger partial charge is 0.462 e. The molecule has 0 spiro atoms. The van der Waals surface area contributed by atoms with E-state index in [4.69, 9.17) is 4.74 Å². The number of carbonyl (C=O) groups excluding carboxylic acids is 1. The molecule has 76 valence electrons. The molecule has 1 aliphatic rings. The molecule has 0 atom stereocenters. The zero-order chi connectivity index (χ0) is 10.1. The van der Waals surface area contributed by atoms with Gasteiger partial charge >= 0.3 is 5.97 Å². The van der Waals surface area contributed by atoms with Crippen molar-refractivity contribution < 1.29 is 9.53 Å². The number of aryl methyl sites for hydroxylation is 1. The zero-order valence-electron chi connectivity index (χ0n) is 8.46. The molecule has 0 amide bonds. The Morgan fingerprint density at radius 2 is 2.36 bits per heavy atom. The number of hydrogen-bond donors (Lipinski definition) is 1. The van der Waals surface area contributed by atoms with Crippen LogP contribution in [0.15, 0.2) is 0 Å². The molecule has 4 heteroatoms. The number of H-pyrrole nitrogens is 1. The number of esters is 1. The maximum absolute atomic E-state index is 11.6. The van der Waals surface area contributed by atoms with Crippen molar-refractivity contribution in [3.05, 3.63) is 17.0 Å². The fraction of sp³-hybridized carbons (Fsp3) is 0.600. The van der Waals surface area contributed by atoms with Crippen molar-refractivity contribution in [2.45, 2.75) is 32.6 Å². The lowest BCUT2D eigenvalue weighted by molar-refractivity contribution is 0.0524. The Kier molecular flexibility index (Phi) is 2.27. The highest BCUT2D eigenvalue weighted by Crippen LogP contribution is 2.41. The summed E-state index contributed by atoms with van der Waals surface area (Å²) in [6.45, 7) is 4.05. The van der Waals surface area contributed by atoms with Crippen LogP contribution >= 0.6 is 0 Å². The average Bonchev–Trinajstić information content (AvgIpc) is 2.90. The van der Waals surface area contributed by atoms with Crippen LogP contribution in [-0.4, -0.2) is 22.8 Å². The number of carbonyl (C=O) groups is 1. The lowest BCUT2D eigenvalue weighted by Crippen LogP contribution is -2.07. The van der Waals surface area contributed by atoms with E-state index >= 15 is 0 Å². The number of nitrogens with one attached hydrogen (secondary N) is 1. The molecule has 1 fully saturated rings. The van der Waals surface area contributed by atoms with Crippen LogP contribution < -0.4 is 0 Å². The van der Waals surface area contributed by atoms with Gasteiger partial charge in [-0.15, -0.1) is 0 Å². The molecule has 0 aliphatic heterocycles. The van der Waals surface area contributed by atoms with Crippen LogP contribution in [0.5, 0.6) is 0 Å². The standard InChI is InChI=1S/C10H14N2O2/c1-3-14-10(13)8-6(2)11-12-9(8)7-4-5-7/h7H,3-5H2,1-2H3,(H,11,12). The Balaban J connectivity index is 2.29. The van der Waals surface area contributed by atoms with Gasteiger partial charge in [0.25, 0.3) is 0 Å². The molecule has 0 bridgehead atoms. The number of rotatable bonds is 3. The lowest BCUT2D eigenvalue weighted by Gasteiger charge is -2.02. The second-order valence-corrected chi connectivity index (χ2v) is 3.59. The molecule has 4 nitrogen and oxygen atoms in total. The lowest BCUT2D eigenvalue weighted by atomic mass is 10.1. The SMILES string of the molecule is CCOC(=O)c1c(C)n[nH]c1C1CC1.